The van der Waals surface area contributed by atoms with E-state index in [0.717, 1.165) is 72.6 Å². The lowest BCUT2D eigenvalue weighted by molar-refractivity contribution is 0.794. The van der Waals surface area contributed by atoms with E-state index in [-0.39, 0.29) is 5.41 Å². The van der Waals surface area contributed by atoms with Crippen LogP contribution in [0.15, 0.2) is 400 Å². The summed E-state index contributed by atoms with van der Waals surface area (Å²) in [5, 5.41) is 11.1. The molecule has 4 aromatic heterocycles. The molecule has 22 aromatic rings. The van der Waals surface area contributed by atoms with Crippen LogP contribution in [0.3, 0.4) is 0 Å². The maximum Gasteiger partial charge on any atom is 0.160 e. The Bertz CT molecular complexity index is 7860. The number of fused-ring (bicyclic) bond motifs is 34. The minimum Gasteiger partial charge on any atom is -0.309 e. The minimum absolute atomic E-state index is 0.387. The van der Waals surface area contributed by atoms with E-state index in [1.165, 1.54) is 154 Å². The molecule has 18 aromatic carbocycles. The van der Waals surface area contributed by atoms with Crippen LogP contribution in [-0.2, 0) is 10.8 Å². The summed E-state index contributed by atoms with van der Waals surface area (Å²) in [6, 6.07) is 146. The zero-order chi connectivity index (χ0) is 75.9. The van der Waals surface area contributed by atoms with Crippen LogP contribution in [-0.4, -0.2) is 29.1 Å². The summed E-state index contributed by atoms with van der Waals surface area (Å²) in [4.78, 5) is 20.7. The summed E-state index contributed by atoms with van der Waals surface area (Å²) in [6.45, 7) is 0. The second kappa shape index (κ2) is 24.6. The Labute approximate surface area is 668 Å². The van der Waals surface area contributed by atoms with Gasteiger partial charge in [0.1, 0.15) is 0 Å². The average Bonchev–Trinajstić information content (AvgIpc) is 1.50. The van der Waals surface area contributed by atoms with E-state index in [9.17, 15) is 0 Å². The molecule has 6 heteroatoms. The van der Waals surface area contributed by atoms with Crippen molar-refractivity contribution in [3.8, 4) is 101 Å². The van der Waals surface area contributed by atoms with Crippen LogP contribution in [0, 0.1) is 0 Å². The highest BCUT2D eigenvalue weighted by Gasteiger charge is 2.54. The SMILES string of the molecule is c1ccc(-c2nc(-c3cccc(-n4c5ccccc5c5ccc6c7c(ccc6c54)C4(c5ccccc5-c5ccccc54)c4ccccc4-7)c3)nc3ccccc23)cc1.c1ccc(-c2nc3ccccc3nc2-c2ccc(-n3c4ccccc4c4c5ccc6c(c5ccc43)C3(c4ccccc4-c4ccccc43)c3ccccc3-6)cc2)cc1. The predicted octanol–water partition coefficient (Wildman–Crippen LogP) is 27.1. The quantitative estimate of drug-likeness (QED) is 0.166. The molecule has 0 amide bonds. The van der Waals surface area contributed by atoms with Gasteiger partial charge in [-0.25, -0.2) is 19.9 Å². The third-order valence-corrected chi connectivity index (χ3v) is 25.6. The van der Waals surface area contributed by atoms with Gasteiger partial charge in [-0.3, -0.25) is 0 Å². The normalized spacial score (nSPS) is 13.3. The van der Waals surface area contributed by atoms with Crippen molar-refractivity contribution in [2.24, 2.45) is 0 Å². The van der Waals surface area contributed by atoms with E-state index in [2.05, 4.69) is 373 Å². The van der Waals surface area contributed by atoms with Crippen molar-refractivity contribution in [3.05, 3.63) is 445 Å². The largest absolute Gasteiger partial charge is 0.309 e. The third-order valence-electron chi connectivity index (χ3n) is 25.6. The first-order chi connectivity index (χ1) is 57.6. The molecule has 536 valence electrons. The molecule has 0 radical (unpaired) electrons. The number of hydrogen-bond acceptors (Lipinski definition) is 4. The first-order valence-electron chi connectivity index (χ1n) is 40.0. The van der Waals surface area contributed by atoms with Crippen molar-refractivity contribution in [3.63, 3.8) is 0 Å². The molecule has 0 unspecified atom stereocenters. The van der Waals surface area contributed by atoms with Crippen LogP contribution in [0.25, 0.3) is 188 Å². The Kier molecular flexibility index (Phi) is 13.7. The molecule has 0 aliphatic heterocycles. The van der Waals surface area contributed by atoms with Gasteiger partial charge in [-0.15, -0.1) is 0 Å². The van der Waals surface area contributed by atoms with Crippen molar-refractivity contribution in [2.75, 3.05) is 0 Å². The minimum atomic E-state index is -0.412. The van der Waals surface area contributed by atoms with Gasteiger partial charge in [0, 0.05) is 65.9 Å². The van der Waals surface area contributed by atoms with Crippen LogP contribution >= 0.6 is 0 Å². The molecule has 0 N–H and O–H groups in total. The number of hydrogen-bond donors (Lipinski definition) is 0. The second-order valence-corrected chi connectivity index (χ2v) is 31.2. The lowest BCUT2D eigenvalue weighted by Crippen LogP contribution is -2.26. The van der Waals surface area contributed by atoms with Crippen LogP contribution in [0.2, 0.25) is 0 Å². The molecule has 6 nitrogen and oxygen atoms in total. The highest BCUT2D eigenvalue weighted by Crippen LogP contribution is 2.66. The third kappa shape index (κ3) is 8.84. The standard InChI is InChI=1S/2C55H33N3/c1-2-15-34(16-3-1)52-44-23-7-12-27-49(44)56-54(57-52)35-17-14-18-36(33-35)58-50-28-13-8-21-39(50)41-30-29-40-42(53(41)58)31-32-48-51(40)43-22-6-11-26-47(43)55(48)45-24-9-4-19-37(45)38-20-5-10-25-46(38)55;1-2-14-34(15-3-1)53-54(57-48-24-12-11-23-47(48)56-53)35-26-28-36(29-27-35)58-49-25-13-7-19-43(49)51-40-30-31-41-39-18-6-10-22-46(39)55(52(41)42(40)32-33-50(51)58)44-20-8-4-16-37(44)38-17-5-9-21-45(38)55/h2*1-33H. The molecule has 0 fully saturated rings. The monoisotopic (exact) mass is 1470 g/mol. The molecule has 4 aliphatic carbocycles. The lowest BCUT2D eigenvalue weighted by atomic mass is 9.69. The zero-order valence-electron chi connectivity index (χ0n) is 62.8. The number of benzene rings is 18. The first kappa shape index (κ1) is 64.4. The summed E-state index contributed by atoms with van der Waals surface area (Å²) >= 11 is 0. The smallest absolute Gasteiger partial charge is 0.160 e. The van der Waals surface area contributed by atoms with Crippen LogP contribution < -0.4 is 0 Å². The average molecular weight is 1470 g/mol. The van der Waals surface area contributed by atoms with E-state index in [4.69, 9.17) is 19.9 Å². The summed E-state index contributed by atoms with van der Waals surface area (Å²) in [5.41, 5.74) is 37.1. The number of para-hydroxylation sites is 5. The maximum absolute atomic E-state index is 5.25. The highest BCUT2D eigenvalue weighted by atomic mass is 15.0. The number of rotatable bonds is 6. The summed E-state index contributed by atoms with van der Waals surface area (Å²) < 4.78 is 4.88. The number of aromatic nitrogens is 6. The summed E-state index contributed by atoms with van der Waals surface area (Å²) in [7, 11) is 0. The molecular formula is C110H66N6. The van der Waals surface area contributed by atoms with Gasteiger partial charge >= 0.3 is 0 Å². The Hall–Kier alpha value is -15.2. The molecule has 116 heavy (non-hydrogen) atoms. The molecule has 0 saturated carbocycles. The van der Waals surface area contributed by atoms with Gasteiger partial charge < -0.3 is 9.13 Å². The predicted molar refractivity (Wildman–Crippen MR) is 477 cm³/mol. The van der Waals surface area contributed by atoms with Gasteiger partial charge in [0.2, 0.25) is 0 Å². The van der Waals surface area contributed by atoms with E-state index < -0.39 is 5.41 Å². The van der Waals surface area contributed by atoms with Gasteiger partial charge in [0.15, 0.2) is 5.82 Å². The topological polar surface area (TPSA) is 61.4 Å². The first-order valence-corrected chi connectivity index (χ1v) is 40.0. The molecule has 4 aliphatic rings. The van der Waals surface area contributed by atoms with Crippen LogP contribution in [0.5, 0.6) is 0 Å². The van der Waals surface area contributed by atoms with Crippen LogP contribution in [0.4, 0.5) is 0 Å². The van der Waals surface area contributed by atoms with E-state index in [1.807, 2.05) is 36.4 Å². The number of nitrogens with zero attached hydrogens (tertiary/aromatic N) is 6. The Morgan fingerprint density at radius 1 is 0.207 bits per heavy atom. The van der Waals surface area contributed by atoms with Gasteiger partial charge in [-0.05, 0) is 166 Å². The van der Waals surface area contributed by atoms with Gasteiger partial charge in [0.25, 0.3) is 0 Å². The van der Waals surface area contributed by atoms with E-state index in [1.54, 1.807) is 0 Å². The molecular weight excluding hydrogens is 1410 g/mol. The molecule has 2 spiro atoms. The molecule has 0 bridgehead atoms. The summed E-state index contributed by atoms with van der Waals surface area (Å²) in [5.74, 6) is 0.710. The van der Waals surface area contributed by atoms with E-state index in [0.29, 0.717) is 5.82 Å². The maximum atomic E-state index is 5.25. The molecule has 0 saturated heterocycles. The van der Waals surface area contributed by atoms with Crippen molar-refractivity contribution in [1.82, 2.24) is 29.1 Å². The van der Waals surface area contributed by atoms with Crippen molar-refractivity contribution in [2.45, 2.75) is 10.8 Å². The molecule has 4 heterocycles. The Balaban J connectivity index is 0.000000130. The Morgan fingerprint density at radius 3 is 1.27 bits per heavy atom. The van der Waals surface area contributed by atoms with Crippen LogP contribution in [0.1, 0.15) is 44.5 Å². The zero-order valence-corrected chi connectivity index (χ0v) is 62.8. The summed E-state index contributed by atoms with van der Waals surface area (Å²) in [6.07, 6.45) is 0. The fourth-order valence-corrected chi connectivity index (χ4v) is 21.1. The van der Waals surface area contributed by atoms with Crippen molar-refractivity contribution < 1.29 is 0 Å². The Morgan fingerprint density at radius 2 is 0.647 bits per heavy atom. The molecule has 0 atom stereocenters. The fraction of sp³-hybridized carbons (Fsp3) is 0.0182. The molecule has 26 rings (SSSR count). The second-order valence-electron chi connectivity index (χ2n) is 31.2. The van der Waals surface area contributed by atoms with Gasteiger partial charge in [0.05, 0.1) is 66.5 Å². The highest BCUT2D eigenvalue weighted by molar-refractivity contribution is 6.25. The van der Waals surface area contributed by atoms with Crippen molar-refractivity contribution >= 4 is 87.1 Å². The van der Waals surface area contributed by atoms with Crippen molar-refractivity contribution in [1.29, 1.82) is 0 Å². The van der Waals surface area contributed by atoms with Gasteiger partial charge in [-0.1, -0.05) is 340 Å². The van der Waals surface area contributed by atoms with Gasteiger partial charge in [-0.2, -0.15) is 0 Å². The fourth-order valence-electron chi connectivity index (χ4n) is 21.1. The lowest BCUT2D eigenvalue weighted by Gasteiger charge is -2.31. The van der Waals surface area contributed by atoms with E-state index >= 15 is 0 Å².